The fourth-order valence-corrected chi connectivity index (χ4v) is 2.83. The molecule has 140 valence electrons. The van der Waals surface area contributed by atoms with E-state index in [-0.39, 0.29) is 24.4 Å². The SMILES string of the molecule is CC(C)CCCCCCNC(=O)CCNC(=O)c1cc(F)ccc1Br. The summed E-state index contributed by atoms with van der Waals surface area (Å²) < 4.78 is 13.7. The lowest BCUT2D eigenvalue weighted by Crippen LogP contribution is -2.31. The Morgan fingerprint density at radius 1 is 1.08 bits per heavy atom. The average molecular weight is 415 g/mol. The number of halogens is 2. The number of carbonyl (C=O) groups is 2. The van der Waals surface area contributed by atoms with Crippen LogP contribution in [0.5, 0.6) is 0 Å². The number of benzene rings is 1. The summed E-state index contributed by atoms with van der Waals surface area (Å²) in [5, 5.41) is 5.49. The highest BCUT2D eigenvalue weighted by atomic mass is 79.9. The predicted molar refractivity (Wildman–Crippen MR) is 102 cm³/mol. The third-order valence-electron chi connectivity index (χ3n) is 3.84. The lowest BCUT2D eigenvalue weighted by Gasteiger charge is -2.08. The van der Waals surface area contributed by atoms with Crippen LogP contribution < -0.4 is 10.6 Å². The van der Waals surface area contributed by atoms with E-state index in [0.29, 0.717) is 11.0 Å². The predicted octanol–water partition coefficient (Wildman–Crippen LogP) is 4.43. The Hall–Kier alpha value is -1.43. The van der Waals surface area contributed by atoms with Gasteiger partial charge in [0.25, 0.3) is 5.91 Å². The van der Waals surface area contributed by atoms with Crippen molar-refractivity contribution in [3.8, 4) is 0 Å². The van der Waals surface area contributed by atoms with E-state index in [1.54, 1.807) is 0 Å². The molecule has 25 heavy (non-hydrogen) atoms. The van der Waals surface area contributed by atoms with Crippen molar-refractivity contribution in [2.24, 2.45) is 5.92 Å². The number of nitrogens with one attached hydrogen (secondary N) is 2. The summed E-state index contributed by atoms with van der Waals surface area (Å²) in [4.78, 5) is 23.7. The Kier molecular flexibility index (Phi) is 10.4. The van der Waals surface area contributed by atoms with Crippen LogP contribution >= 0.6 is 15.9 Å². The number of unbranched alkanes of at least 4 members (excludes halogenated alkanes) is 3. The van der Waals surface area contributed by atoms with Gasteiger partial charge in [0.1, 0.15) is 5.82 Å². The van der Waals surface area contributed by atoms with Gasteiger partial charge in [0, 0.05) is 24.0 Å². The average Bonchev–Trinajstić information content (AvgIpc) is 2.55. The molecule has 0 heterocycles. The smallest absolute Gasteiger partial charge is 0.252 e. The molecule has 0 aliphatic rings. The number of amides is 2. The Morgan fingerprint density at radius 3 is 2.52 bits per heavy atom. The van der Waals surface area contributed by atoms with Crippen LogP contribution in [0.25, 0.3) is 0 Å². The quantitative estimate of drug-likeness (QED) is 0.526. The zero-order valence-electron chi connectivity index (χ0n) is 15.0. The minimum atomic E-state index is -0.473. The molecule has 2 N–H and O–H groups in total. The summed E-state index contributed by atoms with van der Waals surface area (Å²) in [6.07, 6.45) is 6.02. The Labute approximate surface area is 158 Å². The van der Waals surface area contributed by atoms with Crippen molar-refractivity contribution in [3.63, 3.8) is 0 Å². The molecule has 0 aliphatic heterocycles. The van der Waals surface area contributed by atoms with E-state index in [4.69, 9.17) is 0 Å². The second-order valence-corrected chi connectivity index (χ2v) is 7.43. The summed E-state index contributed by atoms with van der Waals surface area (Å²) in [5.41, 5.74) is 0.224. The topological polar surface area (TPSA) is 58.2 Å². The van der Waals surface area contributed by atoms with Gasteiger partial charge < -0.3 is 10.6 Å². The van der Waals surface area contributed by atoms with Crippen LogP contribution in [-0.2, 0) is 4.79 Å². The third kappa shape index (κ3) is 9.58. The monoisotopic (exact) mass is 414 g/mol. The van der Waals surface area contributed by atoms with E-state index in [1.165, 1.54) is 37.5 Å². The first-order valence-electron chi connectivity index (χ1n) is 8.90. The molecule has 0 bridgehead atoms. The summed E-state index contributed by atoms with van der Waals surface area (Å²) in [6, 6.07) is 3.92. The molecule has 1 rings (SSSR count). The van der Waals surface area contributed by atoms with E-state index in [0.717, 1.165) is 18.8 Å². The van der Waals surface area contributed by atoms with Crippen LogP contribution in [0.1, 0.15) is 62.7 Å². The molecule has 6 heteroatoms. The first kappa shape index (κ1) is 21.6. The molecule has 0 saturated heterocycles. The van der Waals surface area contributed by atoms with Gasteiger partial charge in [-0.1, -0.05) is 39.5 Å². The van der Waals surface area contributed by atoms with Gasteiger partial charge in [-0.25, -0.2) is 4.39 Å². The van der Waals surface area contributed by atoms with Gasteiger partial charge in [-0.3, -0.25) is 9.59 Å². The molecule has 1 aromatic rings. The van der Waals surface area contributed by atoms with Crippen molar-refractivity contribution < 1.29 is 14.0 Å². The molecule has 0 radical (unpaired) electrons. The fourth-order valence-electron chi connectivity index (χ4n) is 2.40. The highest BCUT2D eigenvalue weighted by Gasteiger charge is 2.11. The molecular formula is C19H28BrFN2O2. The van der Waals surface area contributed by atoms with Crippen molar-refractivity contribution in [3.05, 3.63) is 34.1 Å². The molecule has 0 saturated carbocycles. The van der Waals surface area contributed by atoms with Crippen molar-refractivity contribution in [2.45, 2.75) is 52.4 Å². The highest BCUT2D eigenvalue weighted by molar-refractivity contribution is 9.10. The van der Waals surface area contributed by atoms with Gasteiger partial charge in [-0.2, -0.15) is 0 Å². The summed E-state index contributed by atoms with van der Waals surface area (Å²) in [5.74, 6) is -0.201. The van der Waals surface area contributed by atoms with Gasteiger partial charge in [0.05, 0.1) is 5.56 Å². The van der Waals surface area contributed by atoms with Crippen molar-refractivity contribution in [1.82, 2.24) is 10.6 Å². The van der Waals surface area contributed by atoms with Crippen molar-refractivity contribution in [2.75, 3.05) is 13.1 Å². The van der Waals surface area contributed by atoms with Gasteiger partial charge in [0.15, 0.2) is 0 Å². The molecule has 0 unspecified atom stereocenters. The van der Waals surface area contributed by atoms with E-state index < -0.39 is 11.7 Å². The number of rotatable bonds is 11. The van der Waals surface area contributed by atoms with Gasteiger partial charge in [0.2, 0.25) is 5.91 Å². The van der Waals surface area contributed by atoms with E-state index >= 15 is 0 Å². The molecule has 0 atom stereocenters. The van der Waals surface area contributed by atoms with Crippen LogP contribution in [0.15, 0.2) is 22.7 Å². The standard InChI is InChI=1S/C19H28BrFN2O2/c1-14(2)7-5-3-4-6-11-22-18(24)10-12-23-19(25)16-13-15(21)8-9-17(16)20/h8-9,13-14H,3-7,10-12H2,1-2H3,(H,22,24)(H,23,25). The molecular weight excluding hydrogens is 387 g/mol. The second kappa shape index (κ2) is 12.0. The second-order valence-electron chi connectivity index (χ2n) is 6.58. The largest absolute Gasteiger partial charge is 0.356 e. The van der Waals surface area contributed by atoms with Crippen LogP contribution in [0.4, 0.5) is 4.39 Å². The zero-order valence-corrected chi connectivity index (χ0v) is 16.6. The van der Waals surface area contributed by atoms with Crippen LogP contribution in [-0.4, -0.2) is 24.9 Å². The van der Waals surface area contributed by atoms with Crippen molar-refractivity contribution in [1.29, 1.82) is 0 Å². The van der Waals surface area contributed by atoms with E-state index in [9.17, 15) is 14.0 Å². The Balaban J connectivity index is 2.12. The van der Waals surface area contributed by atoms with E-state index in [2.05, 4.69) is 40.4 Å². The van der Waals surface area contributed by atoms with Crippen LogP contribution in [0, 0.1) is 11.7 Å². The lowest BCUT2D eigenvalue weighted by atomic mass is 10.0. The first-order chi connectivity index (χ1) is 11.9. The van der Waals surface area contributed by atoms with Gasteiger partial charge in [-0.15, -0.1) is 0 Å². The Morgan fingerprint density at radius 2 is 1.80 bits per heavy atom. The molecule has 4 nitrogen and oxygen atoms in total. The molecule has 0 spiro atoms. The molecule has 2 amide bonds. The molecule has 0 fully saturated rings. The minimum absolute atomic E-state index is 0.0826. The molecule has 1 aromatic carbocycles. The number of carbonyl (C=O) groups excluding carboxylic acids is 2. The maximum Gasteiger partial charge on any atom is 0.252 e. The summed E-state index contributed by atoms with van der Waals surface area (Å²) in [7, 11) is 0. The normalized spacial score (nSPS) is 10.8. The molecule has 0 aromatic heterocycles. The third-order valence-corrected chi connectivity index (χ3v) is 4.53. The van der Waals surface area contributed by atoms with Gasteiger partial charge >= 0.3 is 0 Å². The zero-order chi connectivity index (χ0) is 18.7. The van der Waals surface area contributed by atoms with Gasteiger partial charge in [-0.05, 0) is 46.5 Å². The number of hydrogen-bond donors (Lipinski definition) is 2. The van der Waals surface area contributed by atoms with E-state index in [1.807, 2.05) is 0 Å². The minimum Gasteiger partial charge on any atom is -0.356 e. The first-order valence-corrected chi connectivity index (χ1v) is 9.69. The summed E-state index contributed by atoms with van der Waals surface area (Å²) in [6.45, 7) is 5.35. The maximum absolute atomic E-state index is 13.2. The maximum atomic E-state index is 13.2. The fraction of sp³-hybridized carbons (Fsp3) is 0.579. The highest BCUT2D eigenvalue weighted by Crippen LogP contribution is 2.17. The summed E-state index contributed by atoms with van der Waals surface area (Å²) >= 11 is 3.21. The van der Waals surface area contributed by atoms with Crippen LogP contribution in [0.3, 0.4) is 0 Å². The van der Waals surface area contributed by atoms with Crippen molar-refractivity contribution >= 4 is 27.7 Å². The van der Waals surface area contributed by atoms with Crippen LogP contribution in [0.2, 0.25) is 0 Å². The molecule has 0 aliphatic carbocycles. The lowest BCUT2D eigenvalue weighted by molar-refractivity contribution is -0.120. The number of hydrogen-bond acceptors (Lipinski definition) is 2. The Bertz CT molecular complexity index is 564.